The zero-order valence-electron chi connectivity index (χ0n) is 24.0. The molecule has 7 aromatic rings. The Hall–Kier alpha value is -5.30. The van der Waals surface area contributed by atoms with Gasteiger partial charge in [0.1, 0.15) is 22.6 Å². The van der Waals surface area contributed by atoms with Gasteiger partial charge in [0.15, 0.2) is 11.6 Å². The summed E-state index contributed by atoms with van der Waals surface area (Å²) in [5.41, 5.74) is 7.20. The van der Waals surface area contributed by atoms with Crippen molar-refractivity contribution in [1.29, 1.82) is 0 Å². The fourth-order valence-corrected chi connectivity index (χ4v) is 6.76. The van der Waals surface area contributed by atoms with E-state index in [0.29, 0.717) is 46.7 Å². The topological polar surface area (TPSA) is 48.5 Å². The molecule has 44 heavy (non-hydrogen) atoms. The van der Waals surface area contributed by atoms with Crippen molar-refractivity contribution in [1.82, 2.24) is 14.0 Å². The highest BCUT2D eigenvalue weighted by molar-refractivity contribution is 6.20. The van der Waals surface area contributed by atoms with Crippen LogP contribution in [-0.4, -0.2) is 26.8 Å². The number of aromatic nitrogens is 3. The van der Waals surface area contributed by atoms with Gasteiger partial charge in [-0.1, -0.05) is 60.7 Å². The fourth-order valence-electron chi connectivity index (χ4n) is 6.76. The molecule has 1 aliphatic rings. The van der Waals surface area contributed by atoms with E-state index in [1.165, 1.54) is 0 Å². The lowest BCUT2D eigenvalue weighted by atomic mass is 9.93. The van der Waals surface area contributed by atoms with Crippen LogP contribution >= 0.6 is 0 Å². The molecule has 1 aliphatic heterocycles. The SMILES string of the molecule is COc1ccc(-c2c3c4n(c5c(F)c(F)ccc5n4c2C(=O)c2cc(-c4ccccc4)nc4ccccc24)CCCC3)cc1. The van der Waals surface area contributed by atoms with Crippen LogP contribution in [0.5, 0.6) is 5.75 Å². The highest BCUT2D eigenvalue weighted by atomic mass is 19.2. The molecule has 4 heterocycles. The number of carbonyl (C=O) groups excluding carboxylic acids is 1. The van der Waals surface area contributed by atoms with Crippen LogP contribution in [0.1, 0.15) is 34.5 Å². The van der Waals surface area contributed by atoms with Crippen molar-refractivity contribution < 1.29 is 18.3 Å². The molecule has 0 unspecified atom stereocenters. The summed E-state index contributed by atoms with van der Waals surface area (Å²) in [5.74, 6) is -1.31. The van der Waals surface area contributed by atoms with Gasteiger partial charge in [-0.3, -0.25) is 9.20 Å². The molecule has 5 nitrogen and oxygen atoms in total. The minimum Gasteiger partial charge on any atom is -0.497 e. The molecule has 0 radical (unpaired) electrons. The van der Waals surface area contributed by atoms with Crippen LogP contribution in [0.15, 0.2) is 97.1 Å². The Morgan fingerprint density at radius 2 is 1.64 bits per heavy atom. The molecule has 0 spiro atoms. The Balaban J connectivity index is 1.50. The molecule has 3 aromatic heterocycles. The molecular weight excluding hydrogens is 556 g/mol. The first-order chi connectivity index (χ1) is 21.5. The van der Waals surface area contributed by atoms with Crippen molar-refractivity contribution in [2.24, 2.45) is 0 Å². The van der Waals surface area contributed by atoms with Crippen molar-refractivity contribution in [3.8, 4) is 28.1 Å². The molecule has 4 aromatic carbocycles. The maximum absolute atomic E-state index is 15.5. The number of benzene rings is 4. The molecule has 0 fully saturated rings. The molecule has 216 valence electrons. The van der Waals surface area contributed by atoms with E-state index in [0.717, 1.165) is 52.2 Å². The van der Waals surface area contributed by atoms with Crippen LogP contribution in [0.25, 0.3) is 50.0 Å². The monoisotopic (exact) mass is 583 g/mol. The van der Waals surface area contributed by atoms with Crippen LogP contribution < -0.4 is 4.74 Å². The van der Waals surface area contributed by atoms with Gasteiger partial charge >= 0.3 is 0 Å². The van der Waals surface area contributed by atoms with Gasteiger partial charge in [0, 0.05) is 34.2 Å². The summed E-state index contributed by atoms with van der Waals surface area (Å²) >= 11 is 0. The maximum atomic E-state index is 15.5. The second-order valence-electron chi connectivity index (χ2n) is 11.2. The predicted molar refractivity (Wildman–Crippen MR) is 168 cm³/mol. The number of nitrogens with zero attached hydrogens (tertiary/aromatic N) is 3. The summed E-state index contributed by atoms with van der Waals surface area (Å²) in [4.78, 5) is 20.1. The fraction of sp³-hybridized carbons (Fsp3) is 0.135. The molecule has 0 saturated carbocycles. The lowest BCUT2D eigenvalue weighted by molar-refractivity contribution is 0.103. The van der Waals surface area contributed by atoms with E-state index in [-0.39, 0.29) is 11.3 Å². The van der Waals surface area contributed by atoms with E-state index >= 15 is 9.18 Å². The van der Waals surface area contributed by atoms with Crippen molar-refractivity contribution >= 4 is 33.4 Å². The molecule has 0 saturated heterocycles. The molecule has 0 amide bonds. The summed E-state index contributed by atoms with van der Waals surface area (Å²) < 4.78 is 39.3. The Kier molecular flexibility index (Phi) is 6.08. The van der Waals surface area contributed by atoms with Crippen LogP contribution in [0.4, 0.5) is 8.78 Å². The number of ketones is 1. The lowest BCUT2D eigenvalue weighted by Gasteiger charge is -2.13. The summed E-state index contributed by atoms with van der Waals surface area (Å²) in [6, 6.07) is 29.6. The van der Waals surface area contributed by atoms with Gasteiger partial charge in [-0.05, 0) is 61.2 Å². The third-order valence-corrected chi connectivity index (χ3v) is 8.74. The molecular formula is C37H27F2N3O2. The van der Waals surface area contributed by atoms with Crippen LogP contribution in [0.3, 0.4) is 0 Å². The summed E-state index contributed by atoms with van der Waals surface area (Å²) in [6.07, 6.45) is 2.36. The zero-order valence-corrected chi connectivity index (χ0v) is 24.0. The first kappa shape index (κ1) is 26.3. The average molecular weight is 584 g/mol. The van der Waals surface area contributed by atoms with Crippen molar-refractivity contribution in [3.05, 3.63) is 126 Å². The largest absolute Gasteiger partial charge is 0.497 e. The first-order valence-corrected chi connectivity index (χ1v) is 14.7. The lowest BCUT2D eigenvalue weighted by Crippen LogP contribution is -2.09. The standard InChI is InChI=1S/C37H27F2N3O2/c1-44-24-16-14-23(15-17-24)32-26-12-7-8-20-41-34-31(19-18-28(38)33(34)39)42(37(26)41)35(32)36(43)27-21-30(22-9-3-2-4-10-22)40-29-13-6-5-11-25(27)29/h2-6,9-11,13-19,21H,7-8,12,20H2,1H3. The van der Waals surface area contributed by atoms with E-state index in [9.17, 15) is 4.39 Å². The van der Waals surface area contributed by atoms with Gasteiger partial charge in [-0.25, -0.2) is 13.8 Å². The molecule has 0 bridgehead atoms. The molecule has 8 rings (SSSR count). The Morgan fingerprint density at radius 1 is 0.864 bits per heavy atom. The number of methoxy groups -OCH3 is 1. The molecule has 0 N–H and O–H groups in total. The van der Waals surface area contributed by atoms with Crippen molar-refractivity contribution in [2.45, 2.75) is 25.8 Å². The normalized spacial score (nSPS) is 13.1. The van der Waals surface area contributed by atoms with Gasteiger partial charge < -0.3 is 9.30 Å². The Morgan fingerprint density at radius 3 is 2.43 bits per heavy atom. The maximum Gasteiger partial charge on any atom is 0.211 e. The quantitative estimate of drug-likeness (QED) is 0.191. The average Bonchev–Trinajstić information content (AvgIpc) is 3.47. The van der Waals surface area contributed by atoms with E-state index < -0.39 is 11.6 Å². The smallest absolute Gasteiger partial charge is 0.211 e. The third-order valence-electron chi connectivity index (χ3n) is 8.74. The second-order valence-corrected chi connectivity index (χ2v) is 11.2. The number of rotatable bonds is 5. The van der Waals surface area contributed by atoms with Gasteiger partial charge in [-0.2, -0.15) is 0 Å². The van der Waals surface area contributed by atoms with E-state index in [1.54, 1.807) is 13.2 Å². The first-order valence-electron chi connectivity index (χ1n) is 14.7. The molecule has 0 atom stereocenters. The number of halogens is 2. The number of hydrogen-bond donors (Lipinski definition) is 0. The van der Waals surface area contributed by atoms with E-state index in [2.05, 4.69) is 0 Å². The minimum absolute atomic E-state index is 0.183. The van der Waals surface area contributed by atoms with Gasteiger partial charge in [0.2, 0.25) is 5.78 Å². The zero-order chi connectivity index (χ0) is 29.9. The van der Waals surface area contributed by atoms with Crippen LogP contribution in [0.2, 0.25) is 0 Å². The summed E-state index contributed by atoms with van der Waals surface area (Å²) in [7, 11) is 1.62. The van der Waals surface area contributed by atoms with E-state index in [4.69, 9.17) is 9.72 Å². The highest BCUT2D eigenvalue weighted by Gasteiger charge is 2.32. The van der Waals surface area contributed by atoms with Gasteiger partial charge in [0.25, 0.3) is 0 Å². The van der Waals surface area contributed by atoms with Gasteiger partial charge in [0.05, 0.1) is 23.8 Å². The minimum atomic E-state index is -0.906. The number of carbonyl (C=O) groups is 1. The number of ether oxygens (including phenoxy) is 1. The predicted octanol–water partition coefficient (Wildman–Crippen LogP) is 8.63. The number of aryl methyl sites for hydroxylation is 2. The third kappa shape index (κ3) is 3.89. The van der Waals surface area contributed by atoms with Crippen LogP contribution in [-0.2, 0) is 13.0 Å². The van der Waals surface area contributed by atoms with Crippen LogP contribution in [0, 0.1) is 11.6 Å². The number of fused-ring (bicyclic) bond motifs is 4. The van der Waals surface area contributed by atoms with E-state index in [1.807, 2.05) is 93.9 Å². The Labute approximate surface area is 252 Å². The number of pyridine rings is 1. The number of hydrogen-bond acceptors (Lipinski definition) is 3. The molecule has 0 aliphatic carbocycles. The Bertz CT molecular complexity index is 2250. The molecule has 7 heteroatoms. The van der Waals surface area contributed by atoms with Gasteiger partial charge in [-0.15, -0.1) is 0 Å². The second kappa shape index (κ2) is 10.2. The van der Waals surface area contributed by atoms with Crippen molar-refractivity contribution in [3.63, 3.8) is 0 Å². The summed E-state index contributed by atoms with van der Waals surface area (Å²) in [5, 5.41) is 0.724. The van der Waals surface area contributed by atoms with Crippen molar-refractivity contribution in [2.75, 3.05) is 7.11 Å². The number of para-hydroxylation sites is 1. The summed E-state index contributed by atoms with van der Waals surface area (Å²) in [6.45, 7) is 0.524. The number of imidazole rings is 1. The highest BCUT2D eigenvalue weighted by Crippen LogP contribution is 2.42.